The van der Waals surface area contributed by atoms with Crippen LogP contribution in [-0.2, 0) is 0 Å². The van der Waals surface area contributed by atoms with E-state index in [-0.39, 0.29) is 0 Å². The van der Waals surface area contributed by atoms with Gasteiger partial charge in [0.15, 0.2) is 0 Å². The molecule has 0 N–H and O–H groups in total. The van der Waals surface area contributed by atoms with Crippen LogP contribution >= 0.6 is 0 Å². The lowest BCUT2D eigenvalue weighted by Gasteiger charge is -1.99. The molecule has 0 heteroatoms. The first kappa shape index (κ1) is 9.97. The van der Waals surface area contributed by atoms with Crippen LogP contribution in [0.4, 0.5) is 0 Å². The molecule has 0 unspecified atom stereocenters. The lowest BCUT2D eigenvalue weighted by atomic mass is 10.1. The molecule has 2 aliphatic rings. The van der Waals surface area contributed by atoms with Crippen LogP contribution in [0.25, 0.3) is 0 Å². The highest BCUT2D eigenvalue weighted by Gasteiger charge is 2.03. The van der Waals surface area contributed by atoms with Crippen LogP contribution in [0.3, 0.4) is 0 Å². The van der Waals surface area contributed by atoms with Crippen molar-refractivity contribution in [2.24, 2.45) is 5.92 Å². The van der Waals surface area contributed by atoms with Crippen LogP contribution in [0.2, 0.25) is 0 Å². The number of allylic oxidation sites excluding steroid dienone is 12. The zero-order valence-corrected chi connectivity index (χ0v) is 9.06. The second-order valence-electron chi connectivity index (χ2n) is 3.80. The Labute approximate surface area is 91.7 Å². The molecule has 15 heavy (non-hydrogen) atoms. The minimum atomic E-state index is 0.577. The van der Waals surface area contributed by atoms with E-state index in [2.05, 4.69) is 67.7 Å². The van der Waals surface area contributed by atoms with Crippen molar-refractivity contribution in [3.63, 3.8) is 0 Å². The monoisotopic (exact) mass is 196 g/mol. The first-order valence-corrected chi connectivity index (χ1v) is 5.52. The Morgan fingerprint density at radius 3 is 1.80 bits per heavy atom. The quantitative estimate of drug-likeness (QED) is 0.592. The van der Waals surface area contributed by atoms with Gasteiger partial charge in [-0.1, -0.05) is 67.7 Å². The van der Waals surface area contributed by atoms with E-state index in [1.165, 1.54) is 17.6 Å². The van der Waals surface area contributed by atoms with Crippen LogP contribution in [-0.4, -0.2) is 0 Å². The molecule has 0 saturated carbocycles. The Balaban J connectivity index is 2.35. The fourth-order valence-electron chi connectivity index (χ4n) is 1.73. The molecule has 0 amide bonds. The van der Waals surface area contributed by atoms with Gasteiger partial charge in [-0.25, -0.2) is 0 Å². The predicted octanol–water partition coefficient (Wildman–Crippen LogP) is 4.12. The van der Waals surface area contributed by atoms with E-state index in [9.17, 15) is 0 Å². The van der Waals surface area contributed by atoms with E-state index in [1.54, 1.807) is 0 Å². The molecule has 0 heterocycles. The molecule has 0 spiro atoms. The summed E-state index contributed by atoms with van der Waals surface area (Å²) in [7, 11) is 0. The minimum Gasteiger partial charge on any atom is -0.0770 e. The molecule has 0 atom stereocenters. The van der Waals surface area contributed by atoms with Gasteiger partial charge in [-0.2, -0.15) is 0 Å². The normalized spacial score (nSPS) is 23.7. The molecule has 0 fully saturated rings. The van der Waals surface area contributed by atoms with Gasteiger partial charge in [0.2, 0.25) is 0 Å². The Morgan fingerprint density at radius 1 is 0.800 bits per heavy atom. The van der Waals surface area contributed by atoms with Crippen molar-refractivity contribution < 1.29 is 0 Å². The summed E-state index contributed by atoms with van der Waals surface area (Å²) in [4.78, 5) is 0. The maximum Gasteiger partial charge on any atom is -0.00494 e. The highest BCUT2D eigenvalue weighted by molar-refractivity contribution is 5.50. The predicted molar refractivity (Wildman–Crippen MR) is 66.5 cm³/mol. The third kappa shape index (κ3) is 2.47. The van der Waals surface area contributed by atoms with E-state index in [0.717, 1.165) is 0 Å². The SMILES string of the molecule is CCC1C=CC2=C(C=CC=CC=C2)C=C1. The molecule has 2 rings (SSSR count). The van der Waals surface area contributed by atoms with E-state index < -0.39 is 0 Å². The first-order valence-electron chi connectivity index (χ1n) is 5.52. The molecular formula is C15H16. The first-order chi connectivity index (χ1) is 7.40. The van der Waals surface area contributed by atoms with Crippen molar-refractivity contribution in [1.82, 2.24) is 0 Å². The van der Waals surface area contributed by atoms with Crippen molar-refractivity contribution >= 4 is 0 Å². The van der Waals surface area contributed by atoms with E-state index >= 15 is 0 Å². The molecule has 0 bridgehead atoms. The van der Waals surface area contributed by atoms with Crippen LogP contribution in [0.15, 0.2) is 71.9 Å². The summed E-state index contributed by atoms with van der Waals surface area (Å²) in [6.07, 6.45) is 22.8. The van der Waals surface area contributed by atoms with Crippen molar-refractivity contribution in [3.05, 3.63) is 71.9 Å². The van der Waals surface area contributed by atoms with Crippen LogP contribution < -0.4 is 0 Å². The molecule has 0 aromatic heterocycles. The second kappa shape index (κ2) is 4.79. The average molecular weight is 196 g/mol. The molecule has 0 aromatic carbocycles. The lowest BCUT2D eigenvalue weighted by Crippen LogP contribution is -1.85. The van der Waals surface area contributed by atoms with Crippen LogP contribution in [0.1, 0.15) is 13.3 Å². The molecular weight excluding hydrogens is 180 g/mol. The lowest BCUT2D eigenvalue weighted by molar-refractivity contribution is 0.775. The standard InChI is InChI=1S/C15H16/c1-2-13-9-11-14-7-5-3-4-6-8-15(14)12-10-13/h3-13H,2H2,1H3. The summed E-state index contributed by atoms with van der Waals surface area (Å²) in [5.41, 5.74) is 2.59. The Kier molecular flexibility index (Phi) is 3.18. The molecule has 0 radical (unpaired) electrons. The van der Waals surface area contributed by atoms with Gasteiger partial charge in [0, 0.05) is 0 Å². The number of hydrogen-bond acceptors (Lipinski definition) is 0. The van der Waals surface area contributed by atoms with Gasteiger partial charge < -0.3 is 0 Å². The third-order valence-electron chi connectivity index (χ3n) is 2.74. The third-order valence-corrected chi connectivity index (χ3v) is 2.74. The van der Waals surface area contributed by atoms with Gasteiger partial charge >= 0.3 is 0 Å². The minimum absolute atomic E-state index is 0.577. The number of hydrogen-bond donors (Lipinski definition) is 0. The van der Waals surface area contributed by atoms with E-state index in [4.69, 9.17) is 0 Å². The zero-order valence-electron chi connectivity index (χ0n) is 9.06. The Hall–Kier alpha value is -1.56. The summed E-state index contributed by atoms with van der Waals surface area (Å²) in [5, 5.41) is 0. The fourth-order valence-corrected chi connectivity index (χ4v) is 1.73. The van der Waals surface area contributed by atoms with Gasteiger partial charge in [0.25, 0.3) is 0 Å². The summed E-state index contributed by atoms with van der Waals surface area (Å²) >= 11 is 0. The highest BCUT2D eigenvalue weighted by Crippen LogP contribution is 2.20. The van der Waals surface area contributed by atoms with E-state index in [1.807, 2.05) is 0 Å². The average Bonchev–Trinajstić information content (AvgIpc) is 2.40. The largest absolute Gasteiger partial charge is 0.0770 e. The Bertz CT molecular complexity index is 362. The molecule has 0 saturated heterocycles. The summed E-state index contributed by atoms with van der Waals surface area (Å²) in [6.45, 7) is 2.22. The maximum atomic E-state index is 2.28. The summed E-state index contributed by atoms with van der Waals surface area (Å²) < 4.78 is 0. The molecule has 0 nitrogen and oxygen atoms in total. The van der Waals surface area contributed by atoms with Crippen molar-refractivity contribution in [2.45, 2.75) is 13.3 Å². The highest BCUT2D eigenvalue weighted by atomic mass is 14.1. The van der Waals surface area contributed by atoms with Crippen molar-refractivity contribution in [3.8, 4) is 0 Å². The topological polar surface area (TPSA) is 0 Å². The Morgan fingerprint density at radius 2 is 1.33 bits per heavy atom. The summed E-state index contributed by atoms with van der Waals surface area (Å²) in [6, 6.07) is 0. The van der Waals surface area contributed by atoms with Gasteiger partial charge in [-0.15, -0.1) is 0 Å². The van der Waals surface area contributed by atoms with Gasteiger partial charge in [-0.3, -0.25) is 0 Å². The maximum absolute atomic E-state index is 2.28. The van der Waals surface area contributed by atoms with Gasteiger partial charge in [0.1, 0.15) is 0 Å². The van der Waals surface area contributed by atoms with Crippen LogP contribution in [0, 0.1) is 5.92 Å². The summed E-state index contributed by atoms with van der Waals surface area (Å²) in [5.74, 6) is 0.577. The fraction of sp³-hybridized carbons (Fsp3) is 0.200. The number of rotatable bonds is 1. The molecule has 76 valence electrons. The second-order valence-corrected chi connectivity index (χ2v) is 3.80. The molecule has 0 aromatic rings. The van der Waals surface area contributed by atoms with Crippen LogP contribution in [0.5, 0.6) is 0 Å². The van der Waals surface area contributed by atoms with Gasteiger partial charge in [-0.05, 0) is 23.5 Å². The van der Waals surface area contributed by atoms with Crippen molar-refractivity contribution in [2.75, 3.05) is 0 Å². The molecule has 0 aliphatic heterocycles. The smallest absolute Gasteiger partial charge is 0.00494 e. The zero-order chi connectivity index (χ0) is 10.5. The van der Waals surface area contributed by atoms with Gasteiger partial charge in [0.05, 0.1) is 0 Å². The van der Waals surface area contributed by atoms with E-state index in [0.29, 0.717) is 5.92 Å². The molecule has 2 aliphatic carbocycles. The van der Waals surface area contributed by atoms with Crippen molar-refractivity contribution in [1.29, 1.82) is 0 Å².